The van der Waals surface area contributed by atoms with E-state index >= 15 is 0 Å². The highest BCUT2D eigenvalue weighted by Crippen LogP contribution is 2.23. The minimum Gasteiger partial charge on any atom is -0.373 e. The van der Waals surface area contributed by atoms with Crippen LogP contribution in [0.2, 0.25) is 0 Å². The Hall–Kier alpha value is -2.95. The molecule has 1 saturated heterocycles. The van der Waals surface area contributed by atoms with Crippen molar-refractivity contribution in [1.29, 1.82) is 5.26 Å². The third kappa shape index (κ3) is 2.72. The molecule has 0 spiro atoms. The maximum Gasteiger partial charge on any atom is 0.270 e. The Morgan fingerprint density at radius 2 is 2.20 bits per heavy atom. The van der Waals surface area contributed by atoms with Gasteiger partial charge in [0.1, 0.15) is 12.1 Å². The van der Waals surface area contributed by atoms with Crippen molar-refractivity contribution in [2.45, 2.75) is 18.9 Å². The molecule has 8 heteroatoms. The molecule has 1 unspecified atom stereocenters. The molecule has 2 amide bonds. The van der Waals surface area contributed by atoms with Crippen molar-refractivity contribution in [1.82, 2.24) is 5.32 Å². The molecule has 102 valence electrons. The average Bonchev–Trinajstić information content (AvgIpc) is 2.42. The number of rotatable bonds is 3. The summed E-state index contributed by atoms with van der Waals surface area (Å²) >= 11 is 0. The first-order valence-electron chi connectivity index (χ1n) is 5.80. The van der Waals surface area contributed by atoms with Crippen LogP contribution in [0.5, 0.6) is 0 Å². The number of nitro groups is 1. The molecule has 0 bridgehead atoms. The van der Waals surface area contributed by atoms with E-state index in [1.54, 1.807) is 0 Å². The van der Waals surface area contributed by atoms with Crippen molar-refractivity contribution in [2.75, 3.05) is 5.32 Å². The van der Waals surface area contributed by atoms with E-state index in [2.05, 4.69) is 10.6 Å². The number of hydrogen-bond acceptors (Lipinski definition) is 6. The minimum atomic E-state index is -0.638. The van der Waals surface area contributed by atoms with Gasteiger partial charge in [-0.05, 0) is 12.5 Å². The molecule has 0 radical (unpaired) electrons. The van der Waals surface area contributed by atoms with E-state index in [-0.39, 0.29) is 23.6 Å². The van der Waals surface area contributed by atoms with E-state index in [0.29, 0.717) is 12.1 Å². The number of non-ortho nitro benzene ring substituents is 1. The maximum atomic E-state index is 11.6. The first-order valence-corrected chi connectivity index (χ1v) is 5.80. The summed E-state index contributed by atoms with van der Waals surface area (Å²) in [6.45, 7) is 0. The number of piperidine rings is 1. The average molecular weight is 274 g/mol. The lowest BCUT2D eigenvalue weighted by molar-refractivity contribution is -0.384. The molecule has 1 aliphatic rings. The molecule has 0 aromatic heterocycles. The van der Waals surface area contributed by atoms with Crippen LogP contribution >= 0.6 is 0 Å². The fraction of sp³-hybridized carbons (Fsp3) is 0.250. The van der Waals surface area contributed by atoms with Gasteiger partial charge in [0.15, 0.2) is 0 Å². The van der Waals surface area contributed by atoms with E-state index in [1.165, 1.54) is 12.1 Å². The highest BCUT2D eigenvalue weighted by molar-refractivity contribution is 6.01. The summed E-state index contributed by atoms with van der Waals surface area (Å²) in [5.74, 6) is -0.805. The second kappa shape index (κ2) is 5.36. The number of nitro benzene ring substituents is 1. The summed E-state index contributed by atoms with van der Waals surface area (Å²) in [6, 6.07) is 4.95. The first kappa shape index (κ1) is 13.5. The van der Waals surface area contributed by atoms with Gasteiger partial charge in [-0.2, -0.15) is 5.26 Å². The third-order valence-electron chi connectivity index (χ3n) is 2.90. The van der Waals surface area contributed by atoms with Crippen molar-refractivity contribution >= 4 is 23.2 Å². The van der Waals surface area contributed by atoms with Gasteiger partial charge in [0, 0.05) is 18.6 Å². The number of nitrogens with one attached hydrogen (secondary N) is 2. The van der Waals surface area contributed by atoms with Crippen LogP contribution in [0.3, 0.4) is 0 Å². The van der Waals surface area contributed by atoms with Gasteiger partial charge >= 0.3 is 0 Å². The standard InChI is InChI=1S/C12H10N4O4/c13-6-7-5-8(16(19)20)1-2-9(7)14-10-3-4-11(17)15-12(10)18/h1-2,5,10,14H,3-4H2,(H,15,17,18). The zero-order chi connectivity index (χ0) is 14.7. The van der Waals surface area contributed by atoms with Crippen molar-refractivity contribution < 1.29 is 14.5 Å². The summed E-state index contributed by atoms with van der Waals surface area (Å²) in [5.41, 5.74) is 0.201. The minimum absolute atomic E-state index is 0.0731. The Balaban J connectivity index is 2.21. The molecule has 2 rings (SSSR count). The van der Waals surface area contributed by atoms with Gasteiger partial charge in [-0.3, -0.25) is 25.0 Å². The van der Waals surface area contributed by atoms with Gasteiger partial charge in [-0.25, -0.2) is 0 Å². The summed E-state index contributed by atoms with van der Waals surface area (Å²) < 4.78 is 0. The molecular weight excluding hydrogens is 264 g/mol. The predicted octanol–water partition coefficient (Wildman–Crippen LogP) is 0.684. The number of nitrogens with zero attached hydrogens (tertiary/aromatic N) is 2. The molecule has 1 aromatic carbocycles. The highest BCUT2D eigenvalue weighted by Gasteiger charge is 2.27. The Morgan fingerprint density at radius 3 is 2.80 bits per heavy atom. The number of carbonyl (C=O) groups excluding carboxylic acids is 2. The van der Waals surface area contributed by atoms with Crippen molar-refractivity contribution in [3.05, 3.63) is 33.9 Å². The van der Waals surface area contributed by atoms with Gasteiger partial charge in [0.25, 0.3) is 5.69 Å². The van der Waals surface area contributed by atoms with Crippen LogP contribution in [0.1, 0.15) is 18.4 Å². The van der Waals surface area contributed by atoms with Crippen LogP contribution < -0.4 is 10.6 Å². The van der Waals surface area contributed by atoms with Crippen LogP contribution in [-0.2, 0) is 9.59 Å². The molecule has 1 atom stereocenters. The fourth-order valence-electron chi connectivity index (χ4n) is 1.88. The van der Waals surface area contributed by atoms with Crippen LogP contribution in [0, 0.1) is 21.4 Å². The van der Waals surface area contributed by atoms with Crippen LogP contribution in [0.25, 0.3) is 0 Å². The second-order valence-electron chi connectivity index (χ2n) is 4.25. The second-order valence-corrected chi connectivity index (χ2v) is 4.25. The smallest absolute Gasteiger partial charge is 0.270 e. The Kier molecular flexibility index (Phi) is 3.61. The molecule has 1 fully saturated rings. The Labute approximate surface area is 113 Å². The quantitative estimate of drug-likeness (QED) is 0.474. The molecule has 2 N–H and O–H groups in total. The van der Waals surface area contributed by atoms with E-state index < -0.39 is 16.9 Å². The van der Waals surface area contributed by atoms with Crippen LogP contribution in [0.4, 0.5) is 11.4 Å². The third-order valence-corrected chi connectivity index (χ3v) is 2.90. The van der Waals surface area contributed by atoms with Crippen molar-refractivity contribution in [3.8, 4) is 6.07 Å². The number of hydrogen-bond donors (Lipinski definition) is 2. The maximum absolute atomic E-state index is 11.6. The van der Waals surface area contributed by atoms with E-state index in [9.17, 15) is 19.7 Å². The zero-order valence-corrected chi connectivity index (χ0v) is 10.3. The van der Waals surface area contributed by atoms with Gasteiger partial charge in [0.05, 0.1) is 16.2 Å². The van der Waals surface area contributed by atoms with Crippen molar-refractivity contribution in [2.24, 2.45) is 0 Å². The number of nitriles is 1. The number of carbonyl (C=O) groups is 2. The van der Waals surface area contributed by atoms with E-state index in [1.807, 2.05) is 6.07 Å². The number of imide groups is 1. The monoisotopic (exact) mass is 274 g/mol. The Bertz CT molecular complexity index is 635. The van der Waals surface area contributed by atoms with Gasteiger partial charge < -0.3 is 5.32 Å². The molecule has 8 nitrogen and oxygen atoms in total. The topological polar surface area (TPSA) is 125 Å². The number of amides is 2. The fourth-order valence-corrected chi connectivity index (χ4v) is 1.88. The molecule has 20 heavy (non-hydrogen) atoms. The first-order chi connectivity index (χ1) is 9.51. The summed E-state index contributed by atoms with van der Waals surface area (Å²) in [4.78, 5) is 32.7. The normalized spacial score (nSPS) is 18.1. The summed E-state index contributed by atoms with van der Waals surface area (Å²) in [5, 5.41) is 24.6. The van der Waals surface area contributed by atoms with Gasteiger partial charge in [-0.15, -0.1) is 0 Å². The lowest BCUT2D eigenvalue weighted by Gasteiger charge is -2.23. The Morgan fingerprint density at radius 1 is 1.45 bits per heavy atom. The molecular formula is C12H10N4O4. The largest absolute Gasteiger partial charge is 0.373 e. The number of benzene rings is 1. The predicted molar refractivity (Wildman–Crippen MR) is 67.6 cm³/mol. The number of anilines is 1. The van der Waals surface area contributed by atoms with E-state index in [0.717, 1.165) is 6.07 Å². The van der Waals surface area contributed by atoms with Crippen LogP contribution in [-0.4, -0.2) is 22.8 Å². The van der Waals surface area contributed by atoms with Crippen molar-refractivity contribution in [3.63, 3.8) is 0 Å². The highest BCUT2D eigenvalue weighted by atomic mass is 16.6. The molecule has 1 heterocycles. The lowest BCUT2D eigenvalue weighted by Crippen LogP contribution is -2.47. The summed E-state index contributed by atoms with van der Waals surface area (Å²) in [6.07, 6.45) is 0.519. The van der Waals surface area contributed by atoms with Gasteiger partial charge in [-0.1, -0.05) is 0 Å². The molecule has 0 aliphatic carbocycles. The van der Waals surface area contributed by atoms with Gasteiger partial charge in [0.2, 0.25) is 11.8 Å². The lowest BCUT2D eigenvalue weighted by atomic mass is 10.0. The molecule has 1 aromatic rings. The molecule has 0 saturated carbocycles. The molecule has 1 aliphatic heterocycles. The van der Waals surface area contributed by atoms with Crippen LogP contribution in [0.15, 0.2) is 18.2 Å². The van der Waals surface area contributed by atoms with E-state index in [4.69, 9.17) is 5.26 Å². The summed E-state index contributed by atoms with van der Waals surface area (Å²) in [7, 11) is 0. The zero-order valence-electron chi connectivity index (χ0n) is 10.3. The SMILES string of the molecule is N#Cc1cc([N+](=O)[O-])ccc1NC1CCC(=O)NC1=O.